The quantitative estimate of drug-likeness (QED) is 0.936. The van der Waals surface area contributed by atoms with Crippen LogP contribution in [0.2, 0.25) is 0 Å². The van der Waals surface area contributed by atoms with E-state index in [0.29, 0.717) is 21.6 Å². The van der Waals surface area contributed by atoms with Gasteiger partial charge in [-0.25, -0.2) is 0 Å². The first-order chi connectivity index (χ1) is 9.43. The predicted octanol–water partition coefficient (Wildman–Crippen LogP) is 3.06. The van der Waals surface area contributed by atoms with Gasteiger partial charge in [0.2, 0.25) is 0 Å². The fourth-order valence-corrected chi connectivity index (χ4v) is 2.50. The molecule has 0 aliphatic carbocycles. The van der Waals surface area contributed by atoms with Crippen LogP contribution in [0.5, 0.6) is 5.75 Å². The van der Waals surface area contributed by atoms with Crippen molar-refractivity contribution >= 4 is 27.5 Å². The second-order valence-electron chi connectivity index (χ2n) is 4.53. The summed E-state index contributed by atoms with van der Waals surface area (Å²) in [6.45, 7) is 3.80. The van der Waals surface area contributed by atoms with Crippen LogP contribution in [-0.4, -0.2) is 22.8 Å². The molecule has 0 atom stereocenters. The number of carbonyl (C=O) groups is 1. The maximum atomic E-state index is 12.4. The van der Waals surface area contributed by atoms with Crippen LogP contribution in [-0.2, 0) is 7.05 Å². The highest BCUT2D eigenvalue weighted by Gasteiger charge is 2.19. The smallest absolute Gasteiger partial charge is 0.275 e. The fourth-order valence-electron chi connectivity index (χ4n) is 1.98. The molecule has 2 aromatic rings. The highest BCUT2D eigenvalue weighted by atomic mass is 79.9. The van der Waals surface area contributed by atoms with Gasteiger partial charge in [0.1, 0.15) is 11.4 Å². The van der Waals surface area contributed by atoms with Gasteiger partial charge in [-0.15, -0.1) is 0 Å². The van der Waals surface area contributed by atoms with E-state index in [1.165, 1.54) is 0 Å². The number of aromatic nitrogens is 2. The van der Waals surface area contributed by atoms with E-state index in [2.05, 4.69) is 26.3 Å². The number of halogens is 1. The monoisotopic (exact) mass is 337 g/mol. The van der Waals surface area contributed by atoms with Crippen LogP contribution < -0.4 is 10.1 Å². The van der Waals surface area contributed by atoms with Crippen molar-refractivity contribution in [3.63, 3.8) is 0 Å². The third-order valence-corrected chi connectivity index (χ3v) is 3.92. The molecule has 0 radical (unpaired) electrons. The third-order valence-electron chi connectivity index (χ3n) is 2.97. The number of nitrogens with one attached hydrogen (secondary N) is 1. The lowest BCUT2D eigenvalue weighted by atomic mass is 10.2. The molecule has 5 nitrogen and oxygen atoms in total. The average molecular weight is 338 g/mol. The minimum absolute atomic E-state index is 0.233. The van der Waals surface area contributed by atoms with Crippen molar-refractivity contribution in [3.05, 3.63) is 39.6 Å². The van der Waals surface area contributed by atoms with Crippen molar-refractivity contribution in [1.29, 1.82) is 0 Å². The molecule has 1 N–H and O–H groups in total. The van der Waals surface area contributed by atoms with Crippen molar-refractivity contribution < 1.29 is 9.53 Å². The molecule has 2 rings (SSSR count). The number of carbonyl (C=O) groups excluding carboxylic acids is 1. The van der Waals surface area contributed by atoms with Gasteiger partial charge in [-0.1, -0.05) is 6.07 Å². The number of benzene rings is 1. The van der Waals surface area contributed by atoms with Gasteiger partial charge >= 0.3 is 0 Å². The zero-order valence-electron chi connectivity index (χ0n) is 11.8. The van der Waals surface area contributed by atoms with Gasteiger partial charge in [0.15, 0.2) is 0 Å². The lowest BCUT2D eigenvalue weighted by molar-refractivity contribution is 0.101. The van der Waals surface area contributed by atoms with Crippen molar-refractivity contribution in [1.82, 2.24) is 9.78 Å². The molecule has 1 amide bonds. The molecule has 0 bridgehead atoms. The zero-order valence-corrected chi connectivity index (χ0v) is 13.4. The van der Waals surface area contributed by atoms with Gasteiger partial charge in [0, 0.05) is 7.05 Å². The van der Waals surface area contributed by atoms with Crippen LogP contribution in [0.25, 0.3) is 0 Å². The summed E-state index contributed by atoms with van der Waals surface area (Å²) < 4.78 is 7.50. The summed E-state index contributed by atoms with van der Waals surface area (Å²) in [7, 11) is 3.31. The van der Waals surface area contributed by atoms with E-state index in [0.717, 1.165) is 11.3 Å². The molecule has 6 heteroatoms. The largest absolute Gasteiger partial charge is 0.495 e. The standard InChI is InChI=1S/C14H16BrN3O2/c1-8-5-6-11(20-4)10(7-8)16-14(19)13-12(15)9(2)17-18(13)3/h5-7H,1-4H3,(H,16,19). The first-order valence-corrected chi connectivity index (χ1v) is 6.88. The summed E-state index contributed by atoms with van der Waals surface area (Å²) in [5.41, 5.74) is 2.93. The number of rotatable bonds is 3. The molecule has 0 fully saturated rings. The van der Waals surface area contributed by atoms with Crippen molar-refractivity contribution in [2.24, 2.45) is 7.05 Å². The molecule has 0 aliphatic rings. The minimum Gasteiger partial charge on any atom is -0.495 e. The second-order valence-corrected chi connectivity index (χ2v) is 5.32. The molecule has 20 heavy (non-hydrogen) atoms. The van der Waals surface area contributed by atoms with Gasteiger partial charge in [0.25, 0.3) is 5.91 Å². The normalized spacial score (nSPS) is 10.4. The van der Waals surface area contributed by atoms with Crippen LogP contribution in [0, 0.1) is 13.8 Å². The molecular formula is C14H16BrN3O2. The van der Waals surface area contributed by atoms with E-state index < -0.39 is 0 Å². The SMILES string of the molecule is COc1ccc(C)cc1NC(=O)c1c(Br)c(C)nn1C. The van der Waals surface area contributed by atoms with Crippen LogP contribution in [0.3, 0.4) is 0 Å². The van der Waals surface area contributed by atoms with E-state index in [9.17, 15) is 4.79 Å². The molecule has 0 unspecified atom stereocenters. The Balaban J connectivity index is 2.35. The summed E-state index contributed by atoms with van der Waals surface area (Å²) in [5.74, 6) is 0.392. The van der Waals surface area contributed by atoms with Gasteiger partial charge in [0.05, 0.1) is 23.0 Å². The van der Waals surface area contributed by atoms with E-state index >= 15 is 0 Å². The summed E-state index contributed by atoms with van der Waals surface area (Å²) in [5, 5.41) is 7.07. The number of ether oxygens (including phenoxy) is 1. The van der Waals surface area contributed by atoms with Gasteiger partial charge in [-0.3, -0.25) is 9.48 Å². The van der Waals surface area contributed by atoms with E-state index in [1.807, 2.05) is 32.0 Å². The van der Waals surface area contributed by atoms with Crippen LogP contribution in [0.4, 0.5) is 5.69 Å². The van der Waals surface area contributed by atoms with Gasteiger partial charge in [-0.05, 0) is 47.5 Å². The number of hydrogen-bond donors (Lipinski definition) is 1. The first-order valence-electron chi connectivity index (χ1n) is 6.09. The molecule has 0 aliphatic heterocycles. The van der Waals surface area contributed by atoms with Crippen LogP contribution in [0.1, 0.15) is 21.7 Å². The maximum absolute atomic E-state index is 12.4. The molecule has 1 aromatic carbocycles. The molecule has 106 valence electrons. The third kappa shape index (κ3) is 2.70. The minimum atomic E-state index is -0.233. The first kappa shape index (κ1) is 14.6. The van der Waals surface area contributed by atoms with Crippen LogP contribution >= 0.6 is 15.9 Å². The molecule has 0 spiro atoms. The van der Waals surface area contributed by atoms with Gasteiger partial charge < -0.3 is 10.1 Å². The second kappa shape index (κ2) is 5.66. The van der Waals surface area contributed by atoms with Gasteiger partial charge in [-0.2, -0.15) is 5.10 Å². The van der Waals surface area contributed by atoms with Crippen molar-refractivity contribution in [2.75, 3.05) is 12.4 Å². The Kier molecular flexibility index (Phi) is 4.13. The topological polar surface area (TPSA) is 56.1 Å². The molecule has 1 heterocycles. The number of nitrogens with zero attached hydrogens (tertiary/aromatic N) is 2. The highest BCUT2D eigenvalue weighted by molar-refractivity contribution is 9.10. The van der Waals surface area contributed by atoms with Crippen molar-refractivity contribution in [3.8, 4) is 5.75 Å². The van der Waals surface area contributed by atoms with Crippen molar-refractivity contribution in [2.45, 2.75) is 13.8 Å². The number of methoxy groups -OCH3 is 1. The fraction of sp³-hybridized carbons (Fsp3) is 0.286. The maximum Gasteiger partial charge on any atom is 0.275 e. The summed E-state index contributed by atoms with van der Waals surface area (Å²) >= 11 is 3.39. The van der Waals surface area contributed by atoms with E-state index in [1.54, 1.807) is 18.8 Å². The summed E-state index contributed by atoms with van der Waals surface area (Å²) in [4.78, 5) is 12.4. The molecule has 0 saturated carbocycles. The average Bonchev–Trinajstić information content (AvgIpc) is 2.63. The Morgan fingerprint density at radius 1 is 1.40 bits per heavy atom. The molecular weight excluding hydrogens is 322 g/mol. The number of anilines is 1. The highest BCUT2D eigenvalue weighted by Crippen LogP contribution is 2.27. The Bertz CT molecular complexity index is 665. The Morgan fingerprint density at radius 2 is 2.10 bits per heavy atom. The summed E-state index contributed by atoms with van der Waals surface area (Å²) in [6, 6.07) is 5.63. The molecule has 1 aromatic heterocycles. The van der Waals surface area contributed by atoms with Crippen LogP contribution in [0.15, 0.2) is 22.7 Å². The Labute approximate surface area is 126 Å². The number of aryl methyl sites for hydroxylation is 3. The lowest BCUT2D eigenvalue weighted by Crippen LogP contribution is -2.17. The lowest BCUT2D eigenvalue weighted by Gasteiger charge is -2.11. The zero-order chi connectivity index (χ0) is 14.9. The predicted molar refractivity (Wildman–Crippen MR) is 81.3 cm³/mol. The number of hydrogen-bond acceptors (Lipinski definition) is 3. The Hall–Kier alpha value is -1.82. The summed E-state index contributed by atoms with van der Waals surface area (Å²) in [6.07, 6.45) is 0. The Morgan fingerprint density at radius 3 is 2.65 bits per heavy atom. The van der Waals surface area contributed by atoms with E-state index in [-0.39, 0.29) is 5.91 Å². The molecule has 0 saturated heterocycles. The number of amides is 1. The van der Waals surface area contributed by atoms with E-state index in [4.69, 9.17) is 4.74 Å².